The molecule has 0 spiro atoms. The van der Waals surface area contributed by atoms with Gasteiger partial charge in [-0.25, -0.2) is 0 Å². The van der Waals surface area contributed by atoms with Crippen LogP contribution in [0.4, 0.5) is 0 Å². The van der Waals surface area contributed by atoms with Crippen molar-refractivity contribution in [3.05, 3.63) is 35.4 Å². The Bertz CT molecular complexity index is 475. The normalized spacial score (nSPS) is 11.0. The minimum atomic E-state index is -0.193. The molecule has 0 aromatic heterocycles. The van der Waals surface area contributed by atoms with Crippen LogP contribution in [-0.4, -0.2) is 38.6 Å². The molecule has 116 valence electrons. The largest absolute Gasteiger partial charge is 0.375 e. The summed E-state index contributed by atoms with van der Waals surface area (Å²) in [7, 11) is 1.46. The number of amides is 2. The third-order valence-corrected chi connectivity index (χ3v) is 3.02. The average molecular weight is 292 g/mol. The third-order valence-electron chi connectivity index (χ3n) is 3.02. The van der Waals surface area contributed by atoms with Gasteiger partial charge in [-0.05, 0) is 23.1 Å². The maximum absolute atomic E-state index is 11.9. The third kappa shape index (κ3) is 5.95. The topological polar surface area (TPSA) is 67.4 Å². The van der Waals surface area contributed by atoms with Gasteiger partial charge in [-0.3, -0.25) is 9.59 Å². The minimum absolute atomic E-state index is 0.0300. The standard InChI is InChI=1S/C16H24N2O3/c1-16(2,3)13-7-5-12(6-8-13)15(20)18-10-9-17-14(19)11-21-4/h5-8H,9-11H2,1-4H3,(H,17,19)(H,18,20). The smallest absolute Gasteiger partial charge is 0.251 e. The molecule has 1 aromatic carbocycles. The molecule has 0 aliphatic carbocycles. The highest BCUT2D eigenvalue weighted by molar-refractivity contribution is 5.94. The fourth-order valence-corrected chi connectivity index (χ4v) is 1.78. The van der Waals surface area contributed by atoms with Crippen LogP contribution in [0.5, 0.6) is 0 Å². The molecule has 1 aromatic rings. The number of hydrogen-bond donors (Lipinski definition) is 2. The molecule has 0 saturated carbocycles. The number of carbonyl (C=O) groups is 2. The van der Waals surface area contributed by atoms with E-state index < -0.39 is 0 Å². The zero-order valence-electron chi connectivity index (χ0n) is 13.2. The fourth-order valence-electron chi connectivity index (χ4n) is 1.78. The maximum atomic E-state index is 11.9. The van der Waals surface area contributed by atoms with Crippen molar-refractivity contribution in [2.24, 2.45) is 0 Å². The fraction of sp³-hybridized carbons (Fsp3) is 0.500. The molecule has 0 atom stereocenters. The lowest BCUT2D eigenvalue weighted by molar-refractivity contribution is -0.124. The van der Waals surface area contributed by atoms with E-state index in [9.17, 15) is 9.59 Å². The van der Waals surface area contributed by atoms with Crippen LogP contribution in [0.2, 0.25) is 0 Å². The second-order valence-electron chi connectivity index (χ2n) is 5.87. The van der Waals surface area contributed by atoms with Gasteiger partial charge in [0.15, 0.2) is 0 Å². The Morgan fingerprint density at radius 1 is 1.05 bits per heavy atom. The van der Waals surface area contributed by atoms with E-state index in [1.807, 2.05) is 24.3 Å². The Morgan fingerprint density at radius 2 is 1.62 bits per heavy atom. The van der Waals surface area contributed by atoms with E-state index in [1.54, 1.807) is 0 Å². The highest BCUT2D eigenvalue weighted by Crippen LogP contribution is 2.22. The Morgan fingerprint density at radius 3 is 2.14 bits per heavy atom. The zero-order chi connectivity index (χ0) is 15.9. The van der Waals surface area contributed by atoms with Crippen molar-refractivity contribution in [3.8, 4) is 0 Å². The van der Waals surface area contributed by atoms with Crippen LogP contribution in [0.1, 0.15) is 36.7 Å². The summed E-state index contributed by atoms with van der Waals surface area (Å²) in [5, 5.41) is 5.40. The molecule has 5 heteroatoms. The van der Waals surface area contributed by atoms with Gasteiger partial charge in [-0.15, -0.1) is 0 Å². The van der Waals surface area contributed by atoms with Crippen LogP contribution in [0.25, 0.3) is 0 Å². The molecule has 2 N–H and O–H groups in total. The lowest BCUT2D eigenvalue weighted by atomic mass is 9.87. The van der Waals surface area contributed by atoms with E-state index in [-0.39, 0.29) is 23.8 Å². The number of hydrogen-bond acceptors (Lipinski definition) is 3. The molecule has 0 fully saturated rings. The molecule has 0 aliphatic heterocycles. The first-order chi connectivity index (χ1) is 9.84. The molecule has 0 heterocycles. The van der Waals surface area contributed by atoms with E-state index in [1.165, 1.54) is 12.7 Å². The maximum Gasteiger partial charge on any atom is 0.251 e. The van der Waals surface area contributed by atoms with Gasteiger partial charge in [-0.2, -0.15) is 0 Å². The summed E-state index contributed by atoms with van der Waals surface area (Å²) in [4.78, 5) is 23.1. The number of carbonyl (C=O) groups excluding carboxylic acids is 2. The zero-order valence-corrected chi connectivity index (χ0v) is 13.2. The number of benzene rings is 1. The Hall–Kier alpha value is -1.88. The number of rotatable bonds is 6. The lowest BCUT2D eigenvalue weighted by Crippen LogP contribution is -2.36. The Balaban J connectivity index is 2.41. The molecular weight excluding hydrogens is 268 g/mol. The number of nitrogens with one attached hydrogen (secondary N) is 2. The molecule has 21 heavy (non-hydrogen) atoms. The van der Waals surface area contributed by atoms with Gasteiger partial charge in [0, 0.05) is 25.8 Å². The van der Waals surface area contributed by atoms with Crippen molar-refractivity contribution < 1.29 is 14.3 Å². The summed E-state index contributed by atoms with van der Waals surface area (Å²) in [6.07, 6.45) is 0. The lowest BCUT2D eigenvalue weighted by Gasteiger charge is -2.19. The quantitative estimate of drug-likeness (QED) is 0.780. The molecule has 0 radical (unpaired) electrons. The molecule has 5 nitrogen and oxygen atoms in total. The Kier molecular flexibility index (Phi) is 6.37. The van der Waals surface area contributed by atoms with Crippen LogP contribution in [0.3, 0.4) is 0 Å². The van der Waals surface area contributed by atoms with E-state index in [4.69, 9.17) is 4.74 Å². The van der Waals surface area contributed by atoms with Gasteiger partial charge in [0.05, 0.1) is 0 Å². The minimum Gasteiger partial charge on any atom is -0.375 e. The monoisotopic (exact) mass is 292 g/mol. The van der Waals surface area contributed by atoms with Crippen molar-refractivity contribution in [1.82, 2.24) is 10.6 Å². The summed E-state index contributed by atoms with van der Waals surface area (Å²) in [5.74, 6) is -0.335. The summed E-state index contributed by atoms with van der Waals surface area (Å²) < 4.78 is 4.69. The highest BCUT2D eigenvalue weighted by Gasteiger charge is 2.14. The van der Waals surface area contributed by atoms with Gasteiger partial charge in [0.1, 0.15) is 6.61 Å². The van der Waals surface area contributed by atoms with E-state index in [0.29, 0.717) is 18.7 Å². The van der Waals surface area contributed by atoms with Crippen molar-refractivity contribution in [1.29, 1.82) is 0 Å². The number of ether oxygens (including phenoxy) is 1. The summed E-state index contributed by atoms with van der Waals surface area (Å²) >= 11 is 0. The van der Waals surface area contributed by atoms with Crippen molar-refractivity contribution in [2.75, 3.05) is 26.8 Å². The van der Waals surface area contributed by atoms with Crippen molar-refractivity contribution in [2.45, 2.75) is 26.2 Å². The van der Waals surface area contributed by atoms with Gasteiger partial charge < -0.3 is 15.4 Å². The summed E-state index contributed by atoms with van der Waals surface area (Å²) in [5.41, 5.74) is 1.87. The van der Waals surface area contributed by atoms with Crippen LogP contribution >= 0.6 is 0 Å². The van der Waals surface area contributed by atoms with Crippen LogP contribution in [0.15, 0.2) is 24.3 Å². The van der Waals surface area contributed by atoms with Crippen molar-refractivity contribution in [3.63, 3.8) is 0 Å². The molecule has 1 rings (SSSR count). The van der Waals surface area contributed by atoms with Gasteiger partial charge in [-0.1, -0.05) is 32.9 Å². The van der Waals surface area contributed by atoms with Gasteiger partial charge >= 0.3 is 0 Å². The van der Waals surface area contributed by atoms with Crippen molar-refractivity contribution >= 4 is 11.8 Å². The van der Waals surface area contributed by atoms with Crippen LogP contribution < -0.4 is 10.6 Å². The predicted octanol–water partition coefficient (Wildman–Crippen LogP) is 1.48. The van der Waals surface area contributed by atoms with Crippen LogP contribution in [0, 0.1) is 0 Å². The number of methoxy groups -OCH3 is 1. The molecule has 0 unspecified atom stereocenters. The molecule has 0 saturated heterocycles. The predicted molar refractivity (Wildman–Crippen MR) is 82.4 cm³/mol. The van der Waals surface area contributed by atoms with Gasteiger partial charge in [0.2, 0.25) is 5.91 Å². The molecule has 0 aliphatic rings. The molecule has 0 bridgehead atoms. The summed E-state index contributed by atoms with van der Waals surface area (Å²) in [6.45, 7) is 7.19. The molecule has 2 amide bonds. The molecular formula is C16H24N2O3. The second kappa shape index (κ2) is 7.78. The van der Waals surface area contributed by atoms with E-state index in [2.05, 4.69) is 31.4 Å². The SMILES string of the molecule is COCC(=O)NCCNC(=O)c1ccc(C(C)(C)C)cc1. The van der Waals surface area contributed by atoms with Gasteiger partial charge in [0.25, 0.3) is 5.91 Å². The second-order valence-corrected chi connectivity index (χ2v) is 5.87. The van der Waals surface area contributed by atoms with Crippen LogP contribution in [-0.2, 0) is 14.9 Å². The van der Waals surface area contributed by atoms with E-state index >= 15 is 0 Å². The first kappa shape index (κ1) is 17.2. The Labute approximate surface area is 126 Å². The average Bonchev–Trinajstić information content (AvgIpc) is 2.43. The van der Waals surface area contributed by atoms with E-state index in [0.717, 1.165) is 0 Å². The summed E-state index contributed by atoms with van der Waals surface area (Å²) in [6, 6.07) is 7.57. The first-order valence-electron chi connectivity index (χ1n) is 6.99. The highest BCUT2D eigenvalue weighted by atomic mass is 16.5. The first-order valence-corrected chi connectivity index (χ1v) is 6.99.